The van der Waals surface area contributed by atoms with Gasteiger partial charge in [0.1, 0.15) is 0 Å². The number of hydrogen-bond donors (Lipinski definition) is 1. The zero-order valence-electron chi connectivity index (χ0n) is 8.27. The van der Waals surface area contributed by atoms with Gasteiger partial charge < -0.3 is 5.73 Å². The topological polar surface area (TPSA) is 42.1 Å². The molecule has 1 atom stereocenters. The van der Waals surface area contributed by atoms with Gasteiger partial charge in [-0.25, -0.2) is 4.98 Å². The smallest absolute Gasteiger partial charge is 0.180 e. The van der Waals surface area contributed by atoms with Gasteiger partial charge >= 0.3 is 0 Å². The fourth-order valence-electron chi connectivity index (χ4n) is 1.76. The number of likely N-dealkylation sites (tertiary alicyclic amines) is 1. The molecule has 0 spiro atoms. The summed E-state index contributed by atoms with van der Waals surface area (Å²) in [6, 6.07) is 0. The summed E-state index contributed by atoms with van der Waals surface area (Å²) in [5.41, 5.74) is 6.71. The number of nitrogen functional groups attached to an aromatic ring is 1. The third-order valence-electron chi connectivity index (χ3n) is 2.52. The molecule has 0 amide bonds. The summed E-state index contributed by atoms with van der Waals surface area (Å²) in [5.74, 6) is 0. The molecule has 2 rings (SSSR count). The van der Waals surface area contributed by atoms with Gasteiger partial charge in [-0.3, -0.25) is 4.90 Å². The van der Waals surface area contributed by atoms with E-state index < -0.39 is 0 Å². The van der Waals surface area contributed by atoms with E-state index in [1.54, 1.807) is 0 Å². The minimum atomic E-state index is 0.681. The Balaban J connectivity index is 1.87. The maximum absolute atomic E-state index is 5.59. The summed E-state index contributed by atoms with van der Waals surface area (Å²) in [5, 5.41) is 3.55. The maximum Gasteiger partial charge on any atom is 0.180 e. The van der Waals surface area contributed by atoms with Crippen molar-refractivity contribution in [2.75, 3.05) is 25.1 Å². The van der Waals surface area contributed by atoms with E-state index in [1.165, 1.54) is 30.8 Å². The van der Waals surface area contributed by atoms with E-state index in [1.807, 2.05) is 11.8 Å². The predicted octanol–water partition coefficient (Wildman–Crippen LogP) is 1.66. The molecule has 3 nitrogen and oxygen atoms in total. The zero-order chi connectivity index (χ0) is 9.97. The van der Waals surface area contributed by atoms with E-state index in [-0.39, 0.29) is 0 Å². The van der Waals surface area contributed by atoms with Gasteiger partial charge in [0.2, 0.25) is 0 Å². The Morgan fingerprint density at radius 1 is 1.79 bits per heavy atom. The standard InChI is InChI=1S/C9H15N3S2/c1-13-8-2-3-12(5-8)4-7-6-14-9(10)11-7/h6,8H,2-5H2,1H3,(H2,10,11). The molecule has 0 radical (unpaired) electrons. The first-order valence-electron chi connectivity index (χ1n) is 4.73. The van der Waals surface area contributed by atoms with Crippen molar-refractivity contribution in [3.63, 3.8) is 0 Å². The van der Waals surface area contributed by atoms with Gasteiger partial charge in [-0.2, -0.15) is 11.8 Å². The summed E-state index contributed by atoms with van der Waals surface area (Å²) in [6.07, 6.45) is 3.50. The van der Waals surface area contributed by atoms with E-state index >= 15 is 0 Å². The lowest BCUT2D eigenvalue weighted by Crippen LogP contribution is -2.20. The van der Waals surface area contributed by atoms with Crippen molar-refractivity contribution in [3.05, 3.63) is 11.1 Å². The fraction of sp³-hybridized carbons (Fsp3) is 0.667. The molecule has 1 unspecified atom stereocenters. The predicted molar refractivity (Wildman–Crippen MR) is 63.7 cm³/mol. The first-order valence-corrected chi connectivity index (χ1v) is 6.89. The quantitative estimate of drug-likeness (QED) is 0.856. The maximum atomic E-state index is 5.59. The molecule has 0 aromatic carbocycles. The lowest BCUT2D eigenvalue weighted by molar-refractivity contribution is 0.329. The van der Waals surface area contributed by atoms with E-state index in [2.05, 4.69) is 21.5 Å². The molecule has 0 saturated carbocycles. The Morgan fingerprint density at radius 2 is 2.64 bits per heavy atom. The van der Waals surface area contributed by atoms with Gasteiger partial charge in [-0.1, -0.05) is 0 Å². The number of hydrogen-bond acceptors (Lipinski definition) is 5. The number of nitrogens with zero attached hydrogens (tertiary/aromatic N) is 2. The molecule has 0 bridgehead atoms. The van der Waals surface area contributed by atoms with Crippen molar-refractivity contribution in [1.29, 1.82) is 0 Å². The summed E-state index contributed by atoms with van der Waals surface area (Å²) in [4.78, 5) is 6.73. The molecule has 5 heteroatoms. The van der Waals surface area contributed by atoms with Crippen LogP contribution in [0.1, 0.15) is 12.1 Å². The zero-order valence-corrected chi connectivity index (χ0v) is 9.90. The Labute approximate surface area is 92.7 Å². The summed E-state index contributed by atoms with van der Waals surface area (Å²) >= 11 is 3.50. The van der Waals surface area contributed by atoms with E-state index in [0.29, 0.717) is 5.13 Å². The van der Waals surface area contributed by atoms with Gasteiger partial charge in [0.05, 0.1) is 5.69 Å². The van der Waals surface area contributed by atoms with Crippen LogP contribution >= 0.6 is 23.1 Å². The second-order valence-corrected chi connectivity index (χ2v) is 5.59. The number of anilines is 1. The average Bonchev–Trinajstić information content (AvgIpc) is 2.76. The van der Waals surface area contributed by atoms with Crippen LogP contribution in [-0.2, 0) is 6.54 Å². The Morgan fingerprint density at radius 3 is 3.21 bits per heavy atom. The number of thioether (sulfide) groups is 1. The van der Waals surface area contributed by atoms with E-state index in [0.717, 1.165) is 17.5 Å². The molecular formula is C9H15N3S2. The van der Waals surface area contributed by atoms with Gasteiger partial charge in [0.15, 0.2) is 5.13 Å². The minimum Gasteiger partial charge on any atom is -0.375 e. The normalized spacial score (nSPS) is 23.1. The highest BCUT2D eigenvalue weighted by atomic mass is 32.2. The van der Waals surface area contributed by atoms with Crippen molar-refractivity contribution in [3.8, 4) is 0 Å². The van der Waals surface area contributed by atoms with Crippen LogP contribution in [0.5, 0.6) is 0 Å². The Bertz CT molecular complexity index is 300. The minimum absolute atomic E-state index is 0.681. The first kappa shape index (κ1) is 10.3. The van der Waals surface area contributed by atoms with Crippen molar-refractivity contribution >= 4 is 28.2 Å². The summed E-state index contributed by atoms with van der Waals surface area (Å²) in [7, 11) is 0. The molecule has 1 fully saturated rings. The van der Waals surface area contributed by atoms with Crippen LogP contribution in [0.4, 0.5) is 5.13 Å². The van der Waals surface area contributed by atoms with Crippen LogP contribution in [0.2, 0.25) is 0 Å². The average molecular weight is 229 g/mol. The Hall–Kier alpha value is -0.260. The third-order valence-corrected chi connectivity index (χ3v) is 4.29. The highest BCUT2D eigenvalue weighted by Crippen LogP contribution is 2.22. The number of nitrogens with two attached hydrogens (primary N) is 1. The monoisotopic (exact) mass is 229 g/mol. The van der Waals surface area contributed by atoms with Crippen LogP contribution in [0.3, 0.4) is 0 Å². The highest BCUT2D eigenvalue weighted by molar-refractivity contribution is 7.99. The van der Waals surface area contributed by atoms with Crippen molar-refractivity contribution < 1.29 is 0 Å². The van der Waals surface area contributed by atoms with Gasteiger partial charge in [0, 0.05) is 23.7 Å². The van der Waals surface area contributed by atoms with Crippen molar-refractivity contribution in [2.24, 2.45) is 0 Å². The first-order chi connectivity index (χ1) is 6.78. The lowest BCUT2D eigenvalue weighted by atomic mass is 10.4. The molecule has 1 aromatic heterocycles. The lowest BCUT2D eigenvalue weighted by Gasteiger charge is -2.13. The van der Waals surface area contributed by atoms with Gasteiger partial charge in [-0.05, 0) is 19.2 Å². The molecule has 0 aliphatic carbocycles. The number of rotatable bonds is 3. The third kappa shape index (κ3) is 2.40. The van der Waals surface area contributed by atoms with Gasteiger partial charge in [0.25, 0.3) is 0 Å². The second kappa shape index (κ2) is 4.51. The number of aromatic nitrogens is 1. The van der Waals surface area contributed by atoms with Crippen LogP contribution < -0.4 is 5.73 Å². The molecule has 1 saturated heterocycles. The molecule has 1 aliphatic rings. The van der Waals surface area contributed by atoms with Crippen LogP contribution in [0, 0.1) is 0 Å². The largest absolute Gasteiger partial charge is 0.375 e. The molecule has 1 aliphatic heterocycles. The molecular weight excluding hydrogens is 214 g/mol. The van der Waals surface area contributed by atoms with E-state index in [4.69, 9.17) is 5.73 Å². The molecule has 1 aromatic rings. The molecule has 78 valence electrons. The second-order valence-electron chi connectivity index (χ2n) is 3.56. The van der Waals surface area contributed by atoms with Crippen LogP contribution in [0.25, 0.3) is 0 Å². The molecule has 2 N–H and O–H groups in total. The molecule has 14 heavy (non-hydrogen) atoms. The highest BCUT2D eigenvalue weighted by Gasteiger charge is 2.21. The molecule has 2 heterocycles. The van der Waals surface area contributed by atoms with Crippen molar-refractivity contribution in [2.45, 2.75) is 18.2 Å². The van der Waals surface area contributed by atoms with Crippen LogP contribution in [-0.4, -0.2) is 34.5 Å². The summed E-state index contributed by atoms with van der Waals surface area (Å²) in [6.45, 7) is 3.35. The van der Waals surface area contributed by atoms with Crippen LogP contribution in [0.15, 0.2) is 5.38 Å². The van der Waals surface area contributed by atoms with Gasteiger partial charge in [-0.15, -0.1) is 11.3 Å². The van der Waals surface area contributed by atoms with Crippen molar-refractivity contribution in [1.82, 2.24) is 9.88 Å². The fourth-order valence-corrected chi connectivity index (χ4v) is 3.01. The SMILES string of the molecule is CSC1CCN(Cc2csc(N)n2)C1. The summed E-state index contributed by atoms with van der Waals surface area (Å²) < 4.78 is 0. The Kier molecular flexibility index (Phi) is 3.30. The number of thiazole rings is 1. The van der Waals surface area contributed by atoms with E-state index in [9.17, 15) is 0 Å².